The summed E-state index contributed by atoms with van der Waals surface area (Å²) in [7, 11) is -1.55. The number of hydrogen-bond acceptors (Lipinski definition) is 4. The van der Waals surface area contributed by atoms with Gasteiger partial charge in [0.05, 0.1) is 11.9 Å². The molecule has 4 nitrogen and oxygen atoms in total. The molecule has 2 rings (SSSR count). The van der Waals surface area contributed by atoms with Gasteiger partial charge < -0.3 is 10.5 Å². The Hall–Kier alpha value is -0.910. The van der Waals surface area contributed by atoms with Crippen LogP contribution in [-0.2, 0) is 14.6 Å². The first-order valence-corrected chi connectivity index (χ1v) is 7.85. The third-order valence-electron chi connectivity index (χ3n) is 3.79. The molecule has 100 valence electrons. The Morgan fingerprint density at radius 2 is 1.94 bits per heavy atom. The molecule has 0 aliphatic heterocycles. The summed E-state index contributed by atoms with van der Waals surface area (Å²) >= 11 is 0. The van der Waals surface area contributed by atoms with E-state index in [1.807, 2.05) is 30.3 Å². The Morgan fingerprint density at radius 1 is 1.33 bits per heavy atom. The molecule has 5 heteroatoms. The van der Waals surface area contributed by atoms with Gasteiger partial charge in [-0.25, -0.2) is 8.42 Å². The van der Waals surface area contributed by atoms with Gasteiger partial charge in [-0.15, -0.1) is 0 Å². The minimum absolute atomic E-state index is 0.0568. The van der Waals surface area contributed by atoms with Gasteiger partial charge in [0.25, 0.3) is 0 Å². The number of rotatable bonds is 5. The van der Waals surface area contributed by atoms with E-state index in [0.717, 1.165) is 5.56 Å². The number of methoxy groups -OCH3 is 1. The van der Waals surface area contributed by atoms with Gasteiger partial charge in [-0.2, -0.15) is 0 Å². The predicted octanol–water partition coefficient (Wildman–Crippen LogP) is 0.789. The molecular weight excluding hydrogens is 250 g/mol. The van der Waals surface area contributed by atoms with Crippen LogP contribution in [-0.4, -0.2) is 40.2 Å². The second kappa shape index (κ2) is 4.64. The maximum Gasteiger partial charge on any atom is 0.151 e. The minimum atomic E-state index is -3.13. The molecule has 1 aromatic carbocycles. The van der Waals surface area contributed by atoms with Crippen LogP contribution in [0.3, 0.4) is 0 Å². The average molecular weight is 269 g/mol. The van der Waals surface area contributed by atoms with E-state index in [4.69, 9.17) is 10.5 Å². The van der Waals surface area contributed by atoms with Crippen LogP contribution in [0, 0.1) is 5.41 Å². The van der Waals surface area contributed by atoms with Crippen molar-refractivity contribution in [1.82, 2.24) is 0 Å². The fourth-order valence-corrected chi connectivity index (χ4v) is 5.04. The second-order valence-corrected chi connectivity index (χ2v) is 7.18. The Morgan fingerprint density at radius 3 is 2.39 bits per heavy atom. The standard InChI is InChI=1S/C13H19NO3S/c1-17-9-13(8-14)11(12(13)18(2,15)16)10-6-4-3-5-7-10/h3-7,11-12H,8-9,14H2,1-2H3/t11-,12+,13+/m1/s1. The van der Waals surface area contributed by atoms with Crippen molar-refractivity contribution in [2.24, 2.45) is 11.1 Å². The Labute approximate surface area is 108 Å². The number of hydrogen-bond donors (Lipinski definition) is 1. The fourth-order valence-electron chi connectivity index (χ4n) is 3.04. The van der Waals surface area contributed by atoms with Gasteiger partial charge in [0.1, 0.15) is 0 Å². The van der Waals surface area contributed by atoms with Crippen LogP contribution in [0.15, 0.2) is 30.3 Å². The molecule has 18 heavy (non-hydrogen) atoms. The van der Waals surface area contributed by atoms with Crippen LogP contribution in [0.4, 0.5) is 0 Å². The molecule has 1 aliphatic carbocycles. The number of benzene rings is 1. The van der Waals surface area contributed by atoms with Crippen molar-refractivity contribution in [2.45, 2.75) is 11.2 Å². The van der Waals surface area contributed by atoms with Crippen molar-refractivity contribution >= 4 is 9.84 Å². The zero-order chi connectivity index (χ0) is 13.4. The molecule has 1 aliphatic rings. The van der Waals surface area contributed by atoms with E-state index in [1.165, 1.54) is 6.26 Å². The third kappa shape index (κ3) is 2.06. The molecule has 3 atom stereocenters. The van der Waals surface area contributed by atoms with Crippen molar-refractivity contribution in [2.75, 3.05) is 26.5 Å². The van der Waals surface area contributed by atoms with Crippen molar-refractivity contribution in [1.29, 1.82) is 0 Å². The summed E-state index contributed by atoms with van der Waals surface area (Å²) in [6.45, 7) is 0.693. The maximum atomic E-state index is 11.9. The highest BCUT2D eigenvalue weighted by atomic mass is 32.2. The zero-order valence-electron chi connectivity index (χ0n) is 10.7. The summed E-state index contributed by atoms with van der Waals surface area (Å²) in [5.41, 5.74) is 6.38. The van der Waals surface area contributed by atoms with Gasteiger partial charge in [0.2, 0.25) is 0 Å². The largest absolute Gasteiger partial charge is 0.384 e. The molecule has 0 radical (unpaired) electrons. The van der Waals surface area contributed by atoms with Crippen molar-refractivity contribution in [3.63, 3.8) is 0 Å². The lowest BCUT2D eigenvalue weighted by Crippen LogP contribution is -2.28. The monoisotopic (exact) mass is 269 g/mol. The number of ether oxygens (including phenoxy) is 1. The first kappa shape index (κ1) is 13.5. The van der Waals surface area contributed by atoms with E-state index in [-0.39, 0.29) is 5.92 Å². The molecule has 1 saturated carbocycles. The number of nitrogens with two attached hydrogens (primary N) is 1. The van der Waals surface area contributed by atoms with Crippen LogP contribution in [0.1, 0.15) is 11.5 Å². The quantitative estimate of drug-likeness (QED) is 0.858. The summed E-state index contributed by atoms with van der Waals surface area (Å²) in [6, 6.07) is 9.66. The summed E-state index contributed by atoms with van der Waals surface area (Å²) in [5, 5.41) is -0.433. The van der Waals surface area contributed by atoms with Crippen molar-refractivity contribution < 1.29 is 13.2 Å². The molecule has 1 aromatic rings. The van der Waals surface area contributed by atoms with Gasteiger partial charge >= 0.3 is 0 Å². The summed E-state index contributed by atoms with van der Waals surface area (Å²) in [4.78, 5) is 0. The molecule has 2 N–H and O–H groups in total. The highest BCUT2D eigenvalue weighted by Crippen LogP contribution is 2.62. The first-order valence-electron chi connectivity index (χ1n) is 5.90. The Balaban J connectivity index is 2.40. The molecule has 0 amide bonds. The summed E-state index contributed by atoms with van der Waals surface area (Å²) in [6.07, 6.45) is 1.28. The van der Waals surface area contributed by atoms with Crippen LogP contribution in [0.25, 0.3) is 0 Å². The molecule has 0 bridgehead atoms. The normalized spacial score (nSPS) is 31.3. The molecule has 0 spiro atoms. The van der Waals surface area contributed by atoms with Crippen LogP contribution >= 0.6 is 0 Å². The topological polar surface area (TPSA) is 69.4 Å². The highest BCUT2D eigenvalue weighted by molar-refractivity contribution is 7.91. The SMILES string of the molecule is COC[C@@]1(CN)[C@H](c2ccccc2)[C@@H]1S(C)(=O)=O. The second-order valence-electron chi connectivity index (χ2n) is 5.01. The predicted molar refractivity (Wildman–Crippen MR) is 71.2 cm³/mol. The fraction of sp³-hybridized carbons (Fsp3) is 0.538. The molecule has 0 saturated heterocycles. The lowest BCUT2D eigenvalue weighted by Gasteiger charge is -2.14. The minimum Gasteiger partial charge on any atom is -0.384 e. The maximum absolute atomic E-state index is 11.9. The van der Waals surface area contributed by atoms with Gasteiger partial charge in [-0.05, 0) is 5.56 Å². The molecule has 1 fully saturated rings. The molecule has 0 heterocycles. The lowest BCUT2D eigenvalue weighted by atomic mass is 10.0. The van der Waals surface area contributed by atoms with E-state index in [0.29, 0.717) is 13.2 Å². The van der Waals surface area contributed by atoms with E-state index >= 15 is 0 Å². The zero-order valence-corrected chi connectivity index (χ0v) is 11.5. The third-order valence-corrected chi connectivity index (χ3v) is 5.46. The van der Waals surface area contributed by atoms with Gasteiger partial charge in [0, 0.05) is 31.2 Å². The van der Waals surface area contributed by atoms with E-state index < -0.39 is 20.5 Å². The highest BCUT2D eigenvalue weighted by Gasteiger charge is 2.68. The average Bonchev–Trinajstić information content (AvgIpc) is 3.00. The molecule has 0 unspecified atom stereocenters. The van der Waals surface area contributed by atoms with E-state index in [9.17, 15) is 8.42 Å². The Bertz CT molecular complexity index is 514. The molecule has 0 aromatic heterocycles. The summed E-state index contributed by atoms with van der Waals surface area (Å²) < 4.78 is 29.0. The number of sulfone groups is 1. The van der Waals surface area contributed by atoms with Crippen LogP contribution in [0.5, 0.6) is 0 Å². The van der Waals surface area contributed by atoms with Crippen molar-refractivity contribution in [3.8, 4) is 0 Å². The summed E-state index contributed by atoms with van der Waals surface area (Å²) in [5.74, 6) is -0.0568. The van der Waals surface area contributed by atoms with Crippen LogP contribution < -0.4 is 5.73 Å². The van der Waals surface area contributed by atoms with Gasteiger partial charge in [0.15, 0.2) is 9.84 Å². The van der Waals surface area contributed by atoms with Crippen LogP contribution in [0.2, 0.25) is 0 Å². The van der Waals surface area contributed by atoms with E-state index in [2.05, 4.69) is 0 Å². The van der Waals surface area contributed by atoms with Gasteiger partial charge in [-0.1, -0.05) is 30.3 Å². The molecular formula is C13H19NO3S. The Kier molecular flexibility index (Phi) is 3.49. The van der Waals surface area contributed by atoms with E-state index in [1.54, 1.807) is 7.11 Å². The van der Waals surface area contributed by atoms with Crippen molar-refractivity contribution in [3.05, 3.63) is 35.9 Å². The lowest BCUT2D eigenvalue weighted by molar-refractivity contribution is 0.142. The first-order chi connectivity index (χ1) is 8.47. The smallest absolute Gasteiger partial charge is 0.151 e. The van der Waals surface area contributed by atoms with Gasteiger partial charge in [-0.3, -0.25) is 0 Å².